The molecule has 8 heteroatoms. The Kier molecular flexibility index (Phi) is 4.60. The lowest BCUT2D eigenvalue weighted by Crippen LogP contribution is -2.39. The van der Waals surface area contributed by atoms with Crippen molar-refractivity contribution < 1.29 is 0 Å². The van der Waals surface area contributed by atoms with Crippen molar-refractivity contribution in [2.75, 3.05) is 25.0 Å². The van der Waals surface area contributed by atoms with Gasteiger partial charge in [-0.3, -0.25) is 4.68 Å². The number of aromatic amines is 1. The van der Waals surface area contributed by atoms with Crippen LogP contribution in [0.4, 0.5) is 5.69 Å². The molecule has 0 radical (unpaired) electrons. The van der Waals surface area contributed by atoms with Gasteiger partial charge in [-0.15, -0.1) is 0 Å². The molecular formula is C22H24N8. The summed E-state index contributed by atoms with van der Waals surface area (Å²) in [5.41, 5.74) is 4.91. The number of hydrogen-bond donors (Lipinski definition) is 2. The summed E-state index contributed by atoms with van der Waals surface area (Å²) < 4.78 is 1.78. The molecule has 4 aromatic rings. The SMILES string of the molecule is CCN1CCC(Nc2c(C#N)ncc3[nH]c4ncc(-c5cnn(C)c5)cc4c23)CC1. The molecule has 0 unspecified atom stereocenters. The molecule has 1 aliphatic heterocycles. The van der Waals surface area contributed by atoms with Crippen molar-refractivity contribution in [3.8, 4) is 17.2 Å². The van der Waals surface area contributed by atoms with Gasteiger partial charge < -0.3 is 15.2 Å². The summed E-state index contributed by atoms with van der Waals surface area (Å²) in [6.45, 7) is 5.42. The Morgan fingerprint density at radius 1 is 1.20 bits per heavy atom. The largest absolute Gasteiger partial charge is 0.379 e. The highest BCUT2D eigenvalue weighted by molar-refractivity contribution is 6.13. The van der Waals surface area contributed by atoms with Crippen molar-refractivity contribution in [1.29, 1.82) is 5.26 Å². The molecule has 1 fully saturated rings. The molecule has 0 amide bonds. The summed E-state index contributed by atoms with van der Waals surface area (Å²) in [6.07, 6.45) is 9.49. The molecule has 0 aliphatic carbocycles. The second-order valence-electron chi connectivity index (χ2n) is 7.88. The smallest absolute Gasteiger partial charge is 0.164 e. The molecular weight excluding hydrogens is 376 g/mol. The Labute approximate surface area is 174 Å². The van der Waals surface area contributed by atoms with Crippen LogP contribution in [0.15, 0.2) is 30.9 Å². The highest BCUT2D eigenvalue weighted by Gasteiger charge is 2.22. The first-order valence-electron chi connectivity index (χ1n) is 10.3. The van der Waals surface area contributed by atoms with E-state index in [-0.39, 0.29) is 0 Å². The number of piperidine rings is 1. The normalized spacial score (nSPS) is 15.6. The van der Waals surface area contributed by atoms with Gasteiger partial charge in [0.1, 0.15) is 11.7 Å². The third kappa shape index (κ3) is 3.17. The summed E-state index contributed by atoms with van der Waals surface area (Å²) >= 11 is 0. The van der Waals surface area contributed by atoms with E-state index >= 15 is 0 Å². The van der Waals surface area contributed by atoms with Gasteiger partial charge in [-0.2, -0.15) is 10.4 Å². The molecule has 5 rings (SSSR count). The lowest BCUT2D eigenvalue weighted by atomic mass is 10.0. The van der Waals surface area contributed by atoms with Crippen LogP contribution >= 0.6 is 0 Å². The minimum Gasteiger partial charge on any atom is -0.379 e. The lowest BCUT2D eigenvalue weighted by molar-refractivity contribution is 0.229. The number of anilines is 1. The summed E-state index contributed by atoms with van der Waals surface area (Å²) in [6, 6.07) is 4.71. The summed E-state index contributed by atoms with van der Waals surface area (Å²) in [5, 5.41) is 19.6. The van der Waals surface area contributed by atoms with Gasteiger partial charge in [0.05, 0.1) is 23.6 Å². The van der Waals surface area contributed by atoms with E-state index in [1.54, 1.807) is 10.9 Å². The van der Waals surface area contributed by atoms with E-state index in [2.05, 4.69) is 49.3 Å². The van der Waals surface area contributed by atoms with Crippen LogP contribution in [0.5, 0.6) is 0 Å². The topological polar surface area (TPSA) is 98.5 Å². The van der Waals surface area contributed by atoms with Crippen molar-refractivity contribution in [3.05, 3.63) is 36.5 Å². The van der Waals surface area contributed by atoms with Crippen molar-refractivity contribution in [2.45, 2.75) is 25.8 Å². The molecule has 0 spiro atoms. The molecule has 2 N–H and O–H groups in total. The van der Waals surface area contributed by atoms with Crippen LogP contribution in [-0.4, -0.2) is 55.3 Å². The third-order valence-electron chi connectivity index (χ3n) is 6.02. The highest BCUT2D eigenvalue weighted by atomic mass is 15.2. The first kappa shape index (κ1) is 18.6. The van der Waals surface area contributed by atoms with Crippen molar-refractivity contribution >= 4 is 27.6 Å². The van der Waals surface area contributed by atoms with Gasteiger partial charge in [-0.05, 0) is 25.5 Å². The van der Waals surface area contributed by atoms with E-state index in [9.17, 15) is 5.26 Å². The highest BCUT2D eigenvalue weighted by Crippen LogP contribution is 2.35. The third-order valence-corrected chi connectivity index (χ3v) is 6.02. The molecule has 5 heterocycles. The zero-order valence-corrected chi connectivity index (χ0v) is 17.2. The van der Waals surface area contributed by atoms with Crippen molar-refractivity contribution in [3.63, 3.8) is 0 Å². The molecule has 1 aliphatic rings. The van der Waals surface area contributed by atoms with Gasteiger partial charge in [0.25, 0.3) is 0 Å². The van der Waals surface area contributed by atoms with E-state index in [4.69, 9.17) is 0 Å². The zero-order chi connectivity index (χ0) is 20.7. The molecule has 0 aromatic carbocycles. The fourth-order valence-electron chi connectivity index (χ4n) is 4.32. The van der Waals surface area contributed by atoms with Gasteiger partial charge in [-0.1, -0.05) is 6.92 Å². The Morgan fingerprint density at radius 2 is 2.03 bits per heavy atom. The number of aromatic nitrogens is 5. The number of rotatable bonds is 4. The van der Waals surface area contributed by atoms with E-state index in [0.29, 0.717) is 11.7 Å². The maximum atomic E-state index is 9.73. The van der Waals surface area contributed by atoms with Gasteiger partial charge in [0.2, 0.25) is 0 Å². The number of likely N-dealkylation sites (tertiary alicyclic amines) is 1. The quantitative estimate of drug-likeness (QED) is 0.545. The average molecular weight is 400 g/mol. The second kappa shape index (κ2) is 7.43. The molecule has 0 bridgehead atoms. The van der Waals surface area contributed by atoms with Crippen molar-refractivity contribution in [1.82, 2.24) is 29.6 Å². The first-order valence-corrected chi connectivity index (χ1v) is 10.3. The van der Waals surface area contributed by atoms with Crippen LogP contribution in [0.25, 0.3) is 33.1 Å². The van der Waals surface area contributed by atoms with Crippen LogP contribution in [-0.2, 0) is 7.05 Å². The summed E-state index contributed by atoms with van der Waals surface area (Å²) in [7, 11) is 1.90. The number of hydrogen-bond acceptors (Lipinski definition) is 6. The number of H-pyrrole nitrogens is 1. The van der Waals surface area contributed by atoms with E-state index < -0.39 is 0 Å². The standard InChI is InChI=1S/C22H24N8/c1-3-30-6-4-16(5-7-30)27-21-18(9-23)24-12-19-20(21)17-8-14(10-25-22(17)28-19)15-11-26-29(2)13-15/h8,10-13,16,27H,3-7H2,1-2H3,(H,25,28). The van der Waals surface area contributed by atoms with E-state index in [1.807, 2.05) is 25.6 Å². The van der Waals surface area contributed by atoms with Gasteiger partial charge in [-0.25, -0.2) is 9.97 Å². The lowest BCUT2D eigenvalue weighted by Gasteiger charge is -2.32. The Balaban J connectivity index is 1.61. The Bertz CT molecular complexity index is 1250. The molecule has 1 saturated heterocycles. The maximum absolute atomic E-state index is 9.73. The molecule has 0 saturated carbocycles. The van der Waals surface area contributed by atoms with Gasteiger partial charge in [0, 0.05) is 60.5 Å². The molecule has 30 heavy (non-hydrogen) atoms. The maximum Gasteiger partial charge on any atom is 0.164 e. The number of fused-ring (bicyclic) bond motifs is 3. The molecule has 8 nitrogen and oxygen atoms in total. The number of nitrogens with zero attached hydrogens (tertiary/aromatic N) is 6. The second-order valence-corrected chi connectivity index (χ2v) is 7.88. The monoisotopic (exact) mass is 400 g/mol. The van der Waals surface area contributed by atoms with Crippen LogP contribution in [0.3, 0.4) is 0 Å². The number of aryl methyl sites for hydroxylation is 1. The Morgan fingerprint density at radius 3 is 2.73 bits per heavy atom. The number of nitriles is 1. The predicted octanol–water partition coefficient (Wildman–Crippen LogP) is 3.28. The van der Waals surface area contributed by atoms with E-state index in [0.717, 1.165) is 71.2 Å². The summed E-state index contributed by atoms with van der Waals surface area (Å²) in [5.74, 6) is 0. The Hall–Kier alpha value is -3.44. The van der Waals surface area contributed by atoms with Gasteiger partial charge >= 0.3 is 0 Å². The summed E-state index contributed by atoms with van der Waals surface area (Å²) in [4.78, 5) is 14.8. The fraction of sp³-hybridized carbons (Fsp3) is 0.364. The van der Waals surface area contributed by atoms with Crippen LogP contribution in [0.1, 0.15) is 25.5 Å². The van der Waals surface area contributed by atoms with Crippen LogP contribution in [0.2, 0.25) is 0 Å². The minimum atomic E-state index is 0.326. The molecule has 0 atom stereocenters. The van der Waals surface area contributed by atoms with Crippen LogP contribution < -0.4 is 5.32 Å². The van der Waals surface area contributed by atoms with Gasteiger partial charge in [0.15, 0.2) is 5.69 Å². The molecule has 4 aromatic heterocycles. The number of nitrogens with one attached hydrogen (secondary N) is 2. The fourth-order valence-corrected chi connectivity index (χ4v) is 4.32. The van der Waals surface area contributed by atoms with Crippen LogP contribution in [0, 0.1) is 11.3 Å². The average Bonchev–Trinajstić information content (AvgIpc) is 3.37. The minimum absolute atomic E-state index is 0.326. The number of pyridine rings is 2. The first-order chi connectivity index (χ1) is 14.7. The van der Waals surface area contributed by atoms with Crippen molar-refractivity contribution in [2.24, 2.45) is 7.05 Å². The predicted molar refractivity (Wildman–Crippen MR) is 117 cm³/mol. The molecule has 152 valence electrons. The zero-order valence-electron chi connectivity index (χ0n) is 17.2. The van der Waals surface area contributed by atoms with E-state index in [1.165, 1.54) is 0 Å².